The van der Waals surface area contributed by atoms with Crippen LogP contribution in [0.15, 0.2) is 36.7 Å². The third-order valence-corrected chi connectivity index (χ3v) is 6.30. The first kappa shape index (κ1) is 21.0. The summed E-state index contributed by atoms with van der Waals surface area (Å²) in [6.45, 7) is 4.44. The van der Waals surface area contributed by atoms with Crippen LogP contribution >= 0.6 is 11.6 Å². The summed E-state index contributed by atoms with van der Waals surface area (Å²) >= 11 is 5.99. The van der Waals surface area contributed by atoms with Gasteiger partial charge < -0.3 is 4.74 Å². The number of ether oxygens (including phenoxy) is 1. The number of fused-ring (bicyclic) bond motifs is 1. The maximum absolute atomic E-state index is 14.9. The predicted molar refractivity (Wildman–Crippen MR) is 121 cm³/mol. The van der Waals surface area contributed by atoms with Crippen molar-refractivity contribution >= 4 is 22.6 Å². The molecule has 2 atom stereocenters. The average Bonchev–Trinajstić information content (AvgIpc) is 3.21. The van der Waals surface area contributed by atoms with Gasteiger partial charge in [-0.1, -0.05) is 11.6 Å². The van der Waals surface area contributed by atoms with Gasteiger partial charge in [-0.25, -0.2) is 19.3 Å². The van der Waals surface area contributed by atoms with Gasteiger partial charge in [0.1, 0.15) is 17.0 Å². The number of aromatic nitrogens is 5. The average molecular weight is 452 g/mol. The molecule has 1 fully saturated rings. The molecule has 1 aliphatic rings. The monoisotopic (exact) mass is 451 g/mol. The molecule has 4 heterocycles. The zero-order chi connectivity index (χ0) is 22.4. The topological polar surface area (TPSA) is 65.7 Å². The molecule has 1 aromatic carbocycles. The van der Waals surface area contributed by atoms with Gasteiger partial charge >= 0.3 is 0 Å². The van der Waals surface area contributed by atoms with Gasteiger partial charge in [0.2, 0.25) is 0 Å². The van der Waals surface area contributed by atoms with Crippen molar-refractivity contribution in [2.24, 2.45) is 7.05 Å². The standard InChI is InChI=1S/C24H23ClFN5O/c1-13-14(2)29-24-21(28-13)10-20(30-23(24)18-5-4-17(25)9-19(18)26)15-6-7-32-22(8-15)16-11-27-31(3)12-16/h4-5,9-12,15,22H,6-8H2,1-3H3/t15-,22-/m0/s1. The zero-order valence-electron chi connectivity index (χ0n) is 18.1. The van der Waals surface area contributed by atoms with E-state index in [1.807, 2.05) is 39.4 Å². The number of pyridine rings is 1. The molecular weight excluding hydrogens is 429 g/mol. The molecule has 8 heteroatoms. The molecule has 0 amide bonds. The van der Waals surface area contributed by atoms with Crippen LogP contribution in [0.4, 0.5) is 4.39 Å². The number of halogens is 2. The first-order chi connectivity index (χ1) is 15.4. The molecular formula is C24H23ClFN5O. The first-order valence-corrected chi connectivity index (χ1v) is 11.0. The van der Waals surface area contributed by atoms with Gasteiger partial charge in [-0.2, -0.15) is 5.10 Å². The number of hydrogen-bond acceptors (Lipinski definition) is 5. The Labute approximate surface area is 190 Å². The molecule has 4 aromatic rings. The molecule has 0 saturated carbocycles. The van der Waals surface area contributed by atoms with Crippen LogP contribution in [0.3, 0.4) is 0 Å². The van der Waals surface area contributed by atoms with E-state index in [2.05, 4.69) is 5.10 Å². The lowest BCUT2D eigenvalue weighted by molar-refractivity contribution is 0.00464. The van der Waals surface area contributed by atoms with Crippen molar-refractivity contribution in [1.29, 1.82) is 0 Å². The van der Waals surface area contributed by atoms with Crippen LogP contribution in [0.1, 0.15) is 47.5 Å². The summed E-state index contributed by atoms with van der Waals surface area (Å²) in [5.41, 5.74) is 5.73. The molecule has 6 nitrogen and oxygen atoms in total. The van der Waals surface area contributed by atoms with E-state index in [0.29, 0.717) is 33.9 Å². The van der Waals surface area contributed by atoms with E-state index in [1.54, 1.807) is 16.8 Å². The van der Waals surface area contributed by atoms with E-state index in [9.17, 15) is 4.39 Å². The molecule has 0 spiro atoms. The highest BCUT2D eigenvalue weighted by Gasteiger charge is 2.28. The minimum atomic E-state index is -0.427. The minimum absolute atomic E-state index is 0.0542. The van der Waals surface area contributed by atoms with Crippen molar-refractivity contribution in [2.75, 3.05) is 6.61 Å². The summed E-state index contributed by atoms with van der Waals surface area (Å²) in [4.78, 5) is 14.4. The Kier molecular flexibility index (Phi) is 5.39. The van der Waals surface area contributed by atoms with Gasteiger partial charge in [0.15, 0.2) is 0 Å². The fraction of sp³-hybridized carbons (Fsp3) is 0.333. The van der Waals surface area contributed by atoms with Gasteiger partial charge in [-0.15, -0.1) is 0 Å². The number of hydrogen-bond donors (Lipinski definition) is 0. The lowest BCUT2D eigenvalue weighted by Crippen LogP contribution is -2.19. The summed E-state index contributed by atoms with van der Waals surface area (Å²) in [5, 5.41) is 4.61. The van der Waals surface area contributed by atoms with E-state index in [4.69, 9.17) is 31.3 Å². The number of nitrogens with zero attached hydrogens (tertiary/aromatic N) is 5. The van der Waals surface area contributed by atoms with Crippen LogP contribution in [0.25, 0.3) is 22.3 Å². The summed E-state index contributed by atoms with van der Waals surface area (Å²) in [6.07, 6.45) is 5.36. The van der Waals surface area contributed by atoms with E-state index < -0.39 is 5.82 Å². The number of benzene rings is 1. The number of rotatable bonds is 3. The first-order valence-electron chi connectivity index (χ1n) is 10.6. The van der Waals surface area contributed by atoms with Gasteiger partial charge in [-0.3, -0.25) is 4.68 Å². The smallest absolute Gasteiger partial charge is 0.134 e. The number of aryl methyl sites for hydroxylation is 3. The molecule has 5 rings (SSSR count). The molecule has 32 heavy (non-hydrogen) atoms. The minimum Gasteiger partial charge on any atom is -0.373 e. The van der Waals surface area contributed by atoms with Crippen molar-refractivity contribution in [3.05, 3.63) is 70.1 Å². The summed E-state index contributed by atoms with van der Waals surface area (Å²) in [5.74, 6) is -0.278. The molecule has 3 aromatic heterocycles. The largest absolute Gasteiger partial charge is 0.373 e. The van der Waals surface area contributed by atoms with E-state index in [0.717, 1.165) is 35.5 Å². The van der Waals surface area contributed by atoms with E-state index in [1.165, 1.54) is 6.07 Å². The van der Waals surface area contributed by atoms with E-state index in [-0.39, 0.29) is 12.0 Å². The Morgan fingerprint density at radius 1 is 1.12 bits per heavy atom. The quantitative estimate of drug-likeness (QED) is 0.413. The lowest BCUT2D eigenvalue weighted by atomic mass is 9.89. The van der Waals surface area contributed by atoms with Crippen molar-refractivity contribution < 1.29 is 9.13 Å². The van der Waals surface area contributed by atoms with Crippen molar-refractivity contribution in [3.63, 3.8) is 0 Å². The second-order valence-electron chi connectivity index (χ2n) is 8.31. The highest BCUT2D eigenvalue weighted by Crippen LogP contribution is 2.39. The van der Waals surface area contributed by atoms with Gasteiger partial charge in [-0.05, 0) is 51.0 Å². The van der Waals surface area contributed by atoms with Crippen LogP contribution in [0.5, 0.6) is 0 Å². The molecule has 0 aliphatic carbocycles. The molecule has 1 saturated heterocycles. The van der Waals surface area contributed by atoms with Crippen LogP contribution in [-0.2, 0) is 11.8 Å². The second kappa shape index (κ2) is 8.22. The van der Waals surface area contributed by atoms with Crippen molar-refractivity contribution in [3.8, 4) is 11.3 Å². The van der Waals surface area contributed by atoms with Crippen LogP contribution in [-0.4, -0.2) is 31.3 Å². The highest BCUT2D eigenvalue weighted by molar-refractivity contribution is 6.30. The molecule has 164 valence electrons. The zero-order valence-corrected chi connectivity index (χ0v) is 18.9. The Hall–Kier alpha value is -2.90. The summed E-state index contributed by atoms with van der Waals surface area (Å²) in [7, 11) is 1.89. The van der Waals surface area contributed by atoms with Gasteiger partial charge in [0, 0.05) is 47.6 Å². The Morgan fingerprint density at radius 3 is 2.69 bits per heavy atom. The van der Waals surface area contributed by atoms with Crippen LogP contribution in [0.2, 0.25) is 5.02 Å². The maximum Gasteiger partial charge on any atom is 0.134 e. The molecule has 0 unspecified atom stereocenters. The fourth-order valence-electron chi connectivity index (χ4n) is 4.23. The normalized spacial score (nSPS) is 18.9. The van der Waals surface area contributed by atoms with Gasteiger partial charge in [0.05, 0.1) is 29.2 Å². The molecule has 1 aliphatic heterocycles. The summed E-state index contributed by atoms with van der Waals surface area (Å²) < 4.78 is 22.7. The second-order valence-corrected chi connectivity index (χ2v) is 8.75. The fourth-order valence-corrected chi connectivity index (χ4v) is 4.39. The van der Waals surface area contributed by atoms with Crippen LogP contribution in [0, 0.1) is 19.7 Å². The Morgan fingerprint density at radius 2 is 1.94 bits per heavy atom. The van der Waals surface area contributed by atoms with E-state index >= 15 is 0 Å². The van der Waals surface area contributed by atoms with Crippen molar-refractivity contribution in [2.45, 2.75) is 38.7 Å². The van der Waals surface area contributed by atoms with Crippen LogP contribution < -0.4 is 0 Å². The lowest BCUT2D eigenvalue weighted by Gasteiger charge is -2.29. The molecule has 0 bridgehead atoms. The van der Waals surface area contributed by atoms with Gasteiger partial charge in [0.25, 0.3) is 0 Å². The maximum atomic E-state index is 14.9. The third kappa shape index (κ3) is 3.87. The molecule has 0 N–H and O–H groups in total. The van der Waals surface area contributed by atoms with Crippen molar-refractivity contribution in [1.82, 2.24) is 24.7 Å². The Bertz CT molecular complexity index is 1320. The molecule has 0 radical (unpaired) electrons. The Balaban J connectivity index is 1.62. The third-order valence-electron chi connectivity index (χ3n) is 6.07. The predicted octanol–water partition coefficient (Wildman–Crippen LogP) is 5.47. The SMILES string of the molecule is Cc1nc2cc([C@H]3CCO[C@H](c4cnn(C)c4)C3)nc(-c3ccc(Cl)cc3F)c2nc1C. The highest BCUT2D eigenvalue weighted by atomic mass is 35.5. The summed E-state index contributed by atoms with van der Waals surface area (Å²) in [6, 6.07) is 6.62.